The summed E-state index contributed by atoms with van der Waals surface area (Å²) in [6.45, 7) is 4.11. The fourth-order valence-corrected chi connectivity index (χ4v) is 3.26. The average molecular weight is 301 g/mol. The van der Waals surface area contributed by atoms with Gasteiger partial charge in [-0.3, -0.25) is 4.79 Å². The number of carbonyl (C=O) groups excluding carboxylic acids is 1. The molecule has 1 amide bonds. The maximum absolute atomic E-state index is 13.5. The van der Waals surface area contributed by atoms with Gasteiger partial charge in [-0.1, -0.05) is 25.0 Å². The van der Waals surface area contributed by atoms with Gasteiger partial charge in [-0.2, -0.15) is 0 Å². The lowest BCUT2D eigenvalue weighted by atomic mass is 9.95. The van der Waals surface area contributed by atoms with Crippen LogP contribution in [-0.4, -0.2) is 30.6 Å². The number of benzene rings is 1. The molecule has 22 heavy (non-hydrogen) atoms. The van der Waals surface area contributed by atoms with E-state index < -0.39 is 0 Å². The van der Waals surface area contributed by atoms with E-state index in [1.165, 1.54) is 12.1 Å². The highest BCUT2D eigenvalue weighted by Gasteiger charge is 2.35. The van der Waals surface area contributed by atoms with Gasteiger partial charge in [0, 0.05) is 19.1 Å². The number of hydrogen-bond donors (Lipinski definition) is 0. The van der Waals surface area contributed by atoms with Crippen molar-refractivity contribution in [1.82, 2.24) is 4.90 Å². The molecule has 3 rings (SSSR count). The molecule has 0 aromatic heterocycles. The minimum Gasteiger partial charge on any atom is -0.380 e. The molecule has 116 valence electrons. The first kappa shape index (κ1) is 15.1. The third-order valence-corrected chi connectivity index (χ3v) is 4.46. The van der Waals surface area contributed by atoms with Gasteiger partial charge in [-0.15, -0.1) is 0 Å². The Bertz CT molecular complexity index is 613. The lowest BCUT2D eigenvalue weighted by Gasteiger charge is -2.25. The maximum Gasteiger partial charge on any atom is 0.298 e. The molecule has 3 unspecified atom stereocenters. The average Bonchev–Trinajstić information content (AvgIpc) is 3.14. The molecule has 3 nitrogen and oxygen atoms in total. The van der Waals surface area contributed by atoms with Crippen LogP contribution < -0.4 is 0 Å². The standard InChI is InChI=1S/C18H20FNO2/c1-13-7-9-20(17(21)6-5-14-8-10-22-12-14)18(13)15-3-2-4-16(19)11-15/h2-4,11,13-14,18H,7-10,12H2,1H3. The lowest BCUT2D eigenvalue weighted by Crippen LogP contribution is -2.30. The molecule has 2 fully saturated rings. The van der Waals surface area contributed by atoms with Gasteiger partial charge in [0.15, 0.2) is 0 Å². The molecule has 3 atom stereocenters. The largest absolute Gasteiger partial charge is 0.380 e. The molecule has 1 aromatic carbocycles. The molecule has 0 aliphatic carbocycles. The monoisotopic (exact) mass is 301 g/mol. The normalized spacial score (nSPS) is 27.5. The Labute approximate surface area is 130 Å². The quantitative estimate of drug-likeness (QED) is 0.747. The van der Waals surface area contributed by atoms with Crippen LogP contribution in [0.2, 0.25) is 0 Å². The highest BCUT2D eigenvalue weighted by atomic mass is 19.1. The number of nitrogens with zero attached hydrogens (tertiary/aromatic N) is 1. The first-order chi connectivity index (χ1) is 10.6. The molecular weight excluding hydrogens is 281 g/mol. The van der Waals surface area contributed by atoms with E-state index in [2.05, 4.69) is 18.8 Å². The summed E-state index contributed by atoms with van der Waals surface area (Å²) in [6, 6.07) is 6.44. The summed E-state index contributed by atoms with van der Waals surface area (Å²) in [5, 5.41) is 0. The molecule has 0 N–H and O–H groups in total. The van der Waals surface area contributed by atoms with Crippen LogP contribution in [0, 0.1) is 29.5 Å². The number of ether oxygens (including phenoxy) is 1. The topological polar surface area (TPSA) is 29.5 Å². The maximum atomic E-state index is 13.5. The van der Waals surface area contributed by atoms with E-state index in [-0.39, 0.29) is 23.7 Å². The van der Waals surface area contributed by atoms with Gasteiger partial charge < -0.3 is 9.64 Å². The second-order valence-corrected chi connectivity index (χ2v) is 6.09. The van der Waals surface area contributed by atoms with Crippen LogP contribution in [0.1, 0.15) is 31.4 Å². The molecule has 0 bridgehead atoms. The first-order valence-corrected chi connectivity index (χ1v) is 7.80. The lowest BCUT2D eigenvalue weighted by molar-refractivity contribution is -0.126. The Balaban J connectivity index is 1.78. The van der Waals surface area contributed by atoms with Crippen molar-refractivity contribution in [3.05, 3.63) is 35.6 Å². The van der Waals surface area contributed by atoms with Crippen molar-refractivity contribution in [2.24, 2.45) is 11.8 Å². The van der Waals surface area contributed by atoms with Crippen LogP contribution in [0.15, 0.2) is 24.3 Å². The zero-order valence-corrected chi connectivity index (χ0v) is 12.7. The van der Waals surface area contributed by atoms with Crippen molar-refractivity contribution in [3.8, 4) is 11.8 Å². The molecule has 2 aliphatic rings. The van der Waals surface area contributed by atoms with Crippen molar-refractivity contribution in [3.63, 3.8) is 0 Å². The molecule has 4 heteroatoms. The van der Waals surface area contributed by atoms with Crippen molar-refractivity contribution in [2.75, 3.05) is 19.8 Å². The number of halogens is 1. The van der Waals surface area contributed by atoms with Crippen molar-refractivity contribution in [2.45, 2.75) is 25.8 Å². The number of hydrogen-bond acceptors (Lipinski definition) is 2. The van der Waals surface area contributed by atoms with E-state index in [0.717, 1.165) is 25.0 Å². The van der Waals surface area contributed by atoms with E-state index in [1.807, 2.05) is 6.07 Å². The number of rotatable bonds is 1. The summed E-state index contributed by atoms with van der Waals surface area (Å²) in [5.41, 5.74) is 0.851. The van der Waals surface area contributed by atoms with Gasteiger partial charge in [0.25, 0.3) is 5.91 Å². The fraction of sp³-hybridized carbons (Fsp3) is 0.500. The van der Waals surface area contributed by atoms with Crippen LogP contribution in [0.25, 0.3) is 0 Å². The predicted molar refractivity (Wildman–Crippen MR) is 81.3 cm³/mol. The van der Waals surface area contributed by atoms with Crippen LogP contribution in [0.4, 0.5) is 4.39 Å². The second-order valence-electron chi connectivity index (χ2n) is 6.09. The molecule has 1 aromatic rings. The van der Waals surface area contributed by atoms with Crippen LogP contribution >= 0.6 is 0 Å². The van der Waals surface area contributed by atoms with E-state index >= 15 is 0 Å². The molecule has 2 heterocycles. The summed E-state index contributed by atoms with van der Waals surface area (Å²) in [6.07, 6.45) is 1.81. The van der Waals surface area contributed by atoms with Gasteiger partial charge in [0.05, 0.1) is 12.6 Å². The van der Waals surface area contributed by atoms with Gasteiger partial charge in [-0.05, 0) is 42.4 Å². The Hall–Kier alpha value is -1.86. The third kappa shape index (κ3) is 3.15. The predicted octanol–water partition coefficient (Wildman–Crippen LogP) is 2.78. The minimum atomic E-state index is -0.266. The van der Waals surface area contributed by atoms with Crippen molar-refractivity contribution in [1.29, 1.82) is 0 Å². The van der Waals surface area contributed by atoms with Crippen LogP contribution in [-0.2, 0) is 9.53 Å². The third-order valence-electron chi connectivity index (χ3n) is 4.46. The number of carbonyl (C=O) groups is 1. The Morgan fingerprint density at radius 2 is 2.27 bits per heavy atom. The molecule has 2 aliphatic heterocycles. The van der Waals surface area contributed by atoms with E-state index in [1.54, 1.807) is 11.0 Å². The zero-order valence-electron chi connectivity index (χ0n) is 12.7. The Kier molecular flexibility index (Phi) is 4.44. The van der Waals surface area contributed by atoms with Crippen LogP contribution in [0.5, 0.6) is 0 Å². The van der Waals surface area contributed by atoms with Crippen LogP contribution in [0.3, 0.4) is 0 Å². The summed E-state index contributed by atoms with van der Waals surface area (Å²) in [5.74, 6) is 5.83. The number of amides is 1. The van der Waals surface area contributed by atoms with E-state index in [0.29, 0.717) is 19.1 Å². The van der Waals surface area contributed by atoms with Crippen molar-refractivity contribution >= 4 is 5.91 Å². The van der Waals surface area contributed by atoms with E-state index in [9.17, 15) is 9.18 Å². The van der Waals surface area contributed by atoms with Gasteiger partial charge in [0.2, 0.25) is 0 Å². The van der Waals surface area contributed by atoms with Gasteiger partial charge >= 0.3 is 0 Å². The smallest absolute Gasteiger partial charge is 0.298 e. The van der Waals surface area contributed by atoms with Crippen molar-refractivity contribution < 1.29 is 13.9 Å². The molecule has 0 radical (unpaired) electrons. The summed E-state index contributed by atoms with van der Waals surface area (Å²) < 4.78 is 18.7. The van der Waals surface area contributed by atoms with E-state index in [4.69, 9.17) is 4.74 Å². The highest BCUT2D eigenvalue weighted by molar-refractivity contribution is 5.94. The SMILES string of the molecule is CC1CCN(C(=O)C#CC2CCOC2)C1c1cccc(F)c1. The first-order valence-electron chi connectivity index (χ1n) is 7.80. The summed E-state index contributed by atoms with van der Waals surface area (Å²) in [7, 11) is 0. The number of likely N-dealkylation sites (tertiary alicyclic amines) is 1. The summed E-state index contributed by atoms with van der Waals surface area (Å²) in [4.78, 5) is 14.2. The minimum absolute atomic E-state index is 0.0858. The fourth-order valence-electron chi connectivity index (χ4n) is 3.26. The Morgan fingerprint density at radius 1 is 1.41 bits per heavy atom. The van der Waals surface area contributed by atoms with Gasteiger partial charge in [0.1, 0.15) is 5.82 Å². The molecule has 0 spiro atoms. The summed E-state index contributed by atoms with van der Waals surface area (Å²) >= 11 is 0. The zero-order chi connectivity index (χ0) is 15.5. The second kappa shape index (κ2) is 6.50. The Morgan fingerprint density at radius 3 is 3.00 bits per heavy atom. The van der Waals surface area contributed by atoms with Gasteiger partial charge in [-0.25, -0.2) is 4.39 Å². The highest BCUT2D eigenvalue weighted by Crippen LogP contribution is 2.37. The molecule has 2 saturated heterocycles. The molecule has 0 saturated carbocycles. The molecular formula is C18H20FNO2.